The maximum Gasteiger partial charge on any atom is 0.269 e. The van der Waals surface area contributed by atoms with Crippen LogP contribution >= 0.6 is 11.8 Å². The van der Waals surface area contributed by atoms with Gasteiger partial charge in [-0.1, -0.05) is 0 Å². The lowest BCUT2D eigenvalue weighted by Gasteiger charge is -2.18. The van der Waals surface area contributed by atoms with E-state index in [0.717, 1.165) is 0 Å². The molecule has 0 saturated heterocycles. The highest BCUT2D eigenvalue weighted by molar-refractivity contribution is 7.98. The fourth-order valence-corrected chi connectivity index (χ4v) is 3.24. The molecular formula is C19H16FNO4S. The zero-order valence-electron chi connectivity index (χ0n) is 14.4. The van der Waals surface area contributed by atoms with Crippen LogP contribution in [0.3, 0.4) is 0 Å². The monoisotopic (exact) mass is 373 g/mol. The summed E-state index contributed by atoms with van der Waals surface area (Å²) < 4.78 is 20.0. The van der Waals surface area contributed by atoms with Gasteiger partial charge in [-0.3, -0.25) is 14.9 Å². The van der Waals surface area contributed by atoms with Gasteiger partial charge >= 0.3 is 0 Å². The summed E-state index contributed by atoms with van der Waals surface area (Å²) in [5, 5.41) is 10.8. The summed E-state index contributed by atoms with van der Waals surface area (Å²) in [4.78, 5) is 23.7. The number of nitro groups is 1. The first-order valence-corrected chi connectivity index (χ1v) is 9.04. The van der Waals surface area contributed by atoms with Gasteiger partial charge in [-0.25, -0.2) is 4.39 Å². The maximum absolute atomic E-state index is 14.2. The molecule has 0 aromatic heterocycles. The van der Waals surface area contributed by atoms with Crippen molar-refractivity contribution >= 4 is 34.6 Å². The highest BCUT2D eigenvalue weighted by atomic mass is 32.2. The van der Waals surface area contributed by atoms with Crippen LogP contribution in [0.5, 0.6) is 0 Å². The van der Waals surface area contributed by atoms with E-state index in [0.29, 0.717) is 21.6 Å². The third-order valence-corrected chi connectivity index (χ3v) is 4.91. The summed E-state index contributed by atoms with van der Waals surface area (Å²) in [5.74, 6) is -0.373. The Kier molecular flexibility index (Phi) is 4.58. The van der Waals surface area contributed by atoms with Crippen molar-refractivity contribution in [2.24, 2.45) is 0 Å². The smallest absolute Gasteiger partial charge is 0.269 e. The molecule has 0 aliphatic carbocycles. The molecular weight excluding hydrogens is 357 g/mol. The average Bonchev–Trinajstić information content (AvgIpc) is 2.85. The molecule has 5 nitrogen and oxygen atoms in total. The molecule has 0 N–H and O–H groups in total. The lowest BCUT2D eigenvalue weighted by atomic mass is 9.92. The lowest BCUT2D eigenvalue weighted by Crippen LogP contribution is -2.29. The predicted octanol–water partition coefficient (Wildman–Crippen LogP) is 4.70. The van der Waals surface area contributed by atoms with Crippen LogP contribution in [0.2, 0.25) is 0 Å². The standard InChI is InChI=1S/C19H16FNO4S/c1-19(2)18(22)16(11-4-7-13(8-5-11)21(23)24)17(25-19)12-6-9-15(26-3)14(20)10-12/h4-10H,1-3H3. The molecule has 0 fully saturated rings. The summed E-state index contributed by atoms with van der Waals surface area (Å²) in [6.07, 6.45) is 1.78. The maximum atomic E-state index is 14.2. The van der Waals surface area contributed by atoms with Gasteiger partial charge in [0.15, 0.2) is 5.60 Å². The van der Waals surface area contributed by atoms with Crippen LogP contribution in [0.25, 0.3) is 11.3 Å². The summed E-state index contributed by atoms with van der Waals surface area (Å²) in [7, 11) is 0. The Morgan fingerprint density at radius 2 is 1.73 bits per heavy atom. The molecule has 134 valence electrons. The third kappa shape index (κ3) is 3.10. The third-order valence-electron chi connectivity index (χ3n) is 4.14. The van der Waals surface area contributed by atoms with Gasteiger partial charge in [-0.05, 0) is 56.0 Å². The Labute approximate surface area is 154 Å². The highest BCUT2D eigenvalue weighted by Gasteiger charge is 2.43. The Morgan fingerprint density at radius 1 is 1.12 bits per heavy atom. The number of Topliss-reactive ketones (excluding diaryl/α,β-unsaturated/α-hetero) is 1. The van der Waals surface area contributed by atoms with E-state index in [9.17, 15) is 19.3 Å². The predicted molar refractivity (Wildman–Crippen MR) is 98.3 cm³/mol. The number of hydrogen-bond acceptors (Lipinski definition) is 5. The quantitative estimate of drug-likeness (QED) is 0.441. The molecule has 0 bridgehead atoms. The Balaban J connectivity index is 2.15. The van der Waals surface area contributed by atoms with Gasteiger partial charge in [0.1, 0.15) is 11.6 Å². The van der Waals surface area contributed by atoms with E-state index in [1.807, 2.05) is 0 Å². The van der Waals surface area contributed by atoms with Gasteiger partial charge in [0, 0.05) is 22.6 Å². The molecule has 0 atom stereocenters. The Bertz CT molecular complexity index is 935. The van der Waals surface area contributed by atoms with Crippen LogP contribution in [-0.4, -0.2) is 22.6 Å². The SMILES string of the molecule is CSc1ccc(C2=C(c3ccc([N+](=O)[O-])cc3)C(=O)C(C)(C)O2)cc1F. The van der Waals surface area contributed by atoms with Crippen LogP contribution in [0.4, 0.5) is 10.1 Å². The van der Waals surface area contributed by atoms with Gasteiger partial charge in [0.2, 0.25) is 5.78 Å². The molecule has 1 aliphatic rings. The topological polar surface area (TPSA) is 69.4 Å². The van der Waals surface area contributed by atoms with E-state index in [1.54, 1.807) is 32.2 Å². The fourth-order valence-electron chi connectivity index (χ4n) is 2.78. The van der Waals surface area contributed by atoms with E-state index in [4.69, 9.17) is 4.74 Å². The highest BCUT2D eigenvalue weighted by Crippen LogP contribution is 2.42. The van der Waals surface area contributed by atoms with Gasteiger partial charge < -0.3 is 4.74 Å². The second-order valence-electron chi connectivity index (χ2n) is 6.30. The summed E-state index contributed by atoms with van der Waals surface area (Å²) in [6, 6.07) is 10.3. The number of carbonyl (C=O) groups is 1. The molecule has 7 heteroatoms. The number of thioether (sulfide) groups is 1. The Morgan fingerprint density at radius 3 is 2.27 bits per heavy atom. The fraction of sp³-hybridized carbons (Fsp3) is 0.211. The van der Waals surface area contributed by atoms with Crippen LogP contribution in [0, 0.1) is 15.9 Å². The molecule has 0 saturated carbocycles. The van der Waals surface area contributed by atoms with Crippen LogP contribution in [0.1, 0.15) is 25.0 Å². The molecule has 0 unspecified atom stereocenters. The van der Waals surface area contributed by atoms with Gasteiger partial charge in [0.05, 0.1) is 10.5 Å². The molecule has 1 aliphatic heterocycles. The van der Waals surface area contributed by atoms with Crippen molar-refractivity contribution in [1.82, 2.24) is 0 Å². The minimum Gasteiger partial charge on any atom is -0.478 e. The first-order valence-electron chi connectivity index (χ1n) is 7.81. The number of ketones is 1. The van der Waals surface area contributed by atoms with Crippen molar-refractivity contribution in [2.45, 2.75) is 24.3 Å². The first kappa shape index (κ1) is 18.1. The molecule has 1 heterocycles. The number of nitro benzene ring substituents is 1. The number of non-ortho nitro benzene ring substituents is 1. The molecule has 0 spiro atoms. The average molecular weight is 373 g/mol. The normalized spacial score (nSPS) is 15.9. The second kappa shape index (κ2) is 6.57. The van der Waals surface area contributed by atoms with Gasteiger partial charge in [0.25, 0.3) is 5.69 Å². The van der Waals surface area contributed by atoms with Crippen LogP contribution in [-0.2, 0) is 9.53 Å². The number of ether oxygens (including phenoxy) is 1. The van der Waals surface area contributed by atoms with Crippen LogP contribution < -0.4 is 0 Å². The summed E-state index contributed by atoms with van der Waals surface area (Å²) >= 11 is 1.29. The van der Waals surface area contributed by atoms with E-state index in [-0.39, 0.29) is 17.2 Å². The zero-order chi connectivity index (χ0) is 19.1. The van der Waals surface area contributed by atoms with Crippen molar-refractivity contribution < 1.29 is 18.8 Å². The van der Waals surface area contributed by atoms with E-state index >= 15 is 0 Å². The van der Waals surface area contributed by atoms with E-state index in [2.05, 4.69) is 0 Å². The van der Waals surface area contributed by atoms with Crippen molar-refractivity contribution in [3.8, 4) is 0 Å². The van der Waals surface area contributed by atoms with Crippen molar-refractivity contribution in [2.75, 3.05) is 6.26 Å². The lowest BCUT2D eigenvalue weighted by molar-refractivity contribution is -0.384. The molecule has 0 amide bonds. The largest absolute Gasteiger partial charge is 0.478 e. The van der Waals surface area contributed by atoms with Crippen molar-refractivity contribution in [3.63, 3.8) is 0 Å². The number of nitrogens with zero attached hydrogens (tertiary/aromatic N) is 1. The summed E-state index contributed by atoms with van der Waals surface area (Å²) in [6.45, 7) is 3.28. The molecule has 2 aromatic carbocycles. The minimum atomic E-state index is -1.10. The molecule has 3 rings (SSSR count). The molecule has 0 radical (unpaired) electrons. The van der Waals surface area contributed by atoms with Gasteiger partial charge in [-0.2, -0.15) is 0 Å². The number of carbonyl (C=O) groups excluding carboxylic acids is 1. The van der Waals surface area contributed by atoms with E-state index < -0.39 is 16.3 Å². The molecule has 26 heavy (non-hydrogen) atoms. The number of benzene rings is 2. The van der Waals surface area contributed by atoms with E-state index in [1.165, 1.54) is 42.1 Å². The first-order chi connectivity index (χ1) is 12.2. The zero-order valence-corrected chi connectivity index (χ0v) is 15.2. The van der Waals surface area contributed by atoms with Crippen molar-refractivity contribution in [3.05, 3.63) is 69.5 Å². The number of halogens is 1. The number of rotatable bonds is 4. The second-order valence-corrected chi connectivity index (χ2v) is 7.15. The minimum absolute atomic E-state index is 0.0723. The van der Waals surface area contributed by atoms with Gasteiger partial charge in [-0.15, -0.1) is 11.8 Å². The number of hydrogen-bond donors (Lipinski definition) is 0. The Hall–Kier alpha value is -2.67. The molecule has 2 aromatic rings. The summed E-state index contributed by atoms with van der Waals surface area (Å²) in [5.41, 5.74) is 0.0716. The van der Waals surface area contributed by atoms with Crippen LogP contribution in [0.15, 0.2) is 47.4 Å². The van der Waals surface area contributed by atoms with Crippen molar-refractivity contribution in [1.29, 1.82) is 0 Å².